The minimum Gasteiger partial charge on any atom is -0.340 e. The molecule has 1 aliphatic carbocycles. The molecule has 2 nitrogen and oxygen atoms in total. The number of aromatic nitrogens is 1. The summed E-state index contributed by atoms with van der Waals surface area (Å²) in [6.07, 6.45) is 0. The highest BCUT2D eigenvalue weighted by Gasteiger charge is 2.06. The van der Waals surface area contributed by atoms with Gasteiger partial charge in [-0.2, -0.15) is 0 Å². The molecule has 1 aromatic carbocycles. The lowest BCUT2D eigenvalue weighted by atomic mass is 10.2. The molecule has 1 heterocycles. The SMILES string of the molecule is c1ccc(Nc2cc3cccccc-3n2)cc1. The van der Waals surface area contributed by atoms with Crippen molar-refractivity contribution < 1.29 is 0 Å². The van der Waals surface area contributed by atoms with Gasteiger partial charge in [-0.05, 0) is 24.3 Å². The third-order valence-corrected chi connectivity index (χ3v) is 2.63. The summed E-state index contributed by atoms with van der Waals surface area (Å²) in [6.45, 7) is 0. The number of fused-ring (bicyclic) bond motifs is 1. The van der Waals surface area contributed by atoms with Gasteiger partial charge in [0.25, 0.3) is 0 Å². The Balaban J connectivity index is 1.95. The Hall–Kier alpha value is -2.35. The van der Waals surface area contributed by atoms with E-state index in [9.17, 15) is 0 Å². The van der Waals surface area contributed by atoms with Crippen molar-refractivity contribution in [1.82, 2.24) is 4.98 Å². The van der Waals surface area contributed by atoms with Crippen molar-refractivity contribution in [1.29, 1.82) is 0 Å². The molecular formula is C15H12N2. The molecule has 0 atom stereocenters. The van der Waals surface area contributed by atoms with E-state index in [1.165, 1.54) is 0 Å². The zero-order chi connectivity index (χ0) is 11.5. The average molecular weight is 220 g/mol. The fourth-order valence-corrected chi connectivity index (χ4v) is 1.82. The fourth-order valence-electron chi connectivity index (χ4n) is 1.82. The third kappa shape index (κ3) is 2.11. The van der Waals surface area contributed by atoms with Crippen molar-refractivity contribution in [2.45, 2.75) is 0 Å². The van der Waals surface area contributed by atoms with Crippen LogP contribution >= 0.6 is 0 Å². The maximum absolute atomic E-state index is 4.54. The van der Waals surface area contributed by atoms with E-state index >= 15 is 0 Å². The largest absolute Gasteiger partial charge is 0.340 e. The lowest BCUT2D eigenvalue weighted by Crippen LogP contribution is -1.88. The summed E-state index contributed by atoms with van der Waals surface area (Å²) >= 11 is 0. The number of hydrogen-bond acceptors (Lipinski definition) is 2. The van der Waals surface area contributed by atoms with Crippen molar-refractivity contribution in [2.24, 2.45) is 0 Å². The predicted molar refractivity (Wildman–Crippen MR) is 70.6 cm³/mol. The summed E-state index contributed by atoms with van der Waals surface area (Å²) < 4.78 is 0. The second-order valence-electron chi connectivity index (χ2n) is 3.88. The summed E-state index contributed by atoms with van der Waals surface area (Å²) in [6, 6.07) is 22.2. The molecule has 0 radical (unpaired) electrons. The Labute approximate surface area is 100 Å². The molecule has 0 bridgehead atoms. The van der Waals surface area contributed by atoms with E-state index in [1.54, 1.807) is 0 Å². The zero-order valence-electron chi connectivity index (χ0n) is 9.30. The van der Waals surface area contributed by atoms with Gasteiger partial charge in [0.05, 0.1) is 5.69 Å². The van der Waals surface area contributed by atoms with Crippen LogP contribution in [0.25, 0.3) is 11.3 Å². The molecule has 0 saturated heterocycles. The van der Waals surface area contributed by atoms with Gasteiger partial charge in [0, 0.05) is 11.3 Å². The maximum Gasteiger partial charge on any atom is 0.131 e. The van der Waals surface area contributed by atoms with Gasteiger partial charge in [-0.15, -0.1) is 0 Å². The van der Waals surface area contributed by atoms with Crippen LogP contribution < -0.4 is 5.32 Å². The second-order valence-corrected chi connectivity index (χ2v) is 3.88. The third-order valence-electron chi connectivity index (χ3n) is 2.63. The molecule has 2 aliphatic rings. The van der Waals surface area contributed by atoms with Gasteiger partial charge in [-0.25, -0.2) is 4.98 Å². The van der Waals surface area contributed by atoms with Crippen LogP contribution in [-0.2, 0) is 0 Å². The zero-order valence-corrected chi connectivity index (χ0v) is 9.30. The molecule has 0 spiro atoms. The summed E-state index contributed by atoms with van der Waals surface area (Å²) in [5, 5.41) is 3.29. The van der Waals surface area contributed by atoms with Crippen LogP contribution in [0, 0.1) is 0 Å². The number of rotatable bonds is 2. The van der Waals surface area contributed by atoms with Crippen LogP contribution in [0.3, 0.4) is 0 Å². The van der Waals surface area contributed by atoms with Crippen molar-refractivity contribution >= 4 is 11.5 Å². The lowest BCUT2D eigenvalue weighted by Gasteiger charge is -2.00. The summed E-state index contributed by atoms with van der Waals surface area (Å²) in [7, 11) is 0. The normalized spacial score (nSPS) is 10.4. The van der Waals surface area contributed by atoms with Gasteiger partial charge in [-0.3, -0.25) is 0 Å². The number of hydrogen-bond donors (Lipinski definition) is 1. The van der Waals surface area contributed by atoms with E-state index in [0.29, 0.717) is 0 Å². The molecule has 17 heavy (non-hydrogen) atoms. The standard InChI is InChI=1S/C15H12N2/c1-3-7-12-11-15(17-14(12)10-6-1)16-13-8-4-2-5-9-13/h1-11H,(H,16,17). The Morgan fingerprint density at radius 2 is 1.47 bits per heavy atom. The Kier molecular flexibility index (Phi) is 2.47. The van der Waals surface area contributed by atoms with Gasteiger partial charge in [0.1, 0.15) is 5.82 Å². The van der Waals surface area contributed by atoms with Crippen LogP contribution in [0.2, 0.25) is 0 Å². The Morgan fingerprint density at radius 3 is 2.29 bits per heavy atom. The van der Waals surface area contributed by atoms with Crippen molar-refractivity contribution in [3.63, 3.8) is 0 Å². The minimum absolute atomic E-state index is 0.886. The van der Waals surface area contributed by atoms with E-state index in [4.69, 9.17) is 0 Å². The van der Waals surface area contributed by atoms with E-state index in [0.717, 1.165) is 22.8 Å². The van der Waals surface area contributed by atoms with E-state index in [1.807, 2.05) is 54.6 Å². The monoisotopic (exact) mass is 220 g/mol. The van der Waals surface area contributed by atoms with Crippen molar-refractivity contribution in [2.75, 3.05) is 5.32 Å². The quantitative estimate of drug-likeness (QED) is 0.707. The van der Waals surface area contributed by atoms with Crippen LogP contribution in [0.5, 0.6) is 0 Å². The Bertz CT molecular complexity index is 559. The number of anilines is 2. The van der Waals surface area contributed by atoms with Gasteiger partial charge in [0.2, 0.25) is 0 Å². The first-order valence-electron chi connectivity index (χ1n) is 5.60. The second kappa shape index (κ2) is 4.26. The van der Waals surface area contributed by atoms with E-state index in [2.05, 4.69) is 22.4 Å². The summed E-state index contributed by atoms with van der Waals surface area (Å²) in [4.78, 5) is 4.54. The van der Waals surface area contributed by atoms with Crippen LogP contribution in [-0.4, -0.2) is 4.98 Å². The van der Waals surface area contributed by atoms with Gasteiger partial charge >= 0.3 is 0 Å². The number of benzene rings is 1. The van der Waals surface area contributed by atoms with Gasteiger partial charge < -0.3 is 5.32 Å². The van der Waals surface area contributed by atoms with E-state index < -0.39 is 0 Å². The highest BCUT2D eigenvalue weighted by Crippen LogP contribution is 2.25. The Morgan fingerprint density at radius 1 is 0.765 bits per heavy atom. The number of nitrogens with one attached hydrogen (secondary N) is 1. The topological polar surface area (TPSA) is 24.9 Å². The lowest BCUT2D eigenvalue weighted by molar-refractivity contribution is 1.38. The molecule has 0 saturated carbocycles. The molecule has 1 N–H and O–H groups in total. The first kappa shape index (κ1) is 9.85. The molecule has 1 aliphatic heterocycles. The predicted octanol–water partition coefficient (Wildman–Crippen LogP) is 3.93. The van der Waals surface area contributed by atoms with Crippen molar-refractivity contribution in [3.8, 4) is 11.3 Å². The molecule has 0 fully saturated rings. The molecule has 0 unspecified atom stereocenters. The highest BCUT2D eigenvalue weighted by atomic mass is 15.0. The highest BCUT2D eigenvalue weighted by molar-refractivity contribution is 5.70. The number of nitrogens with zero attached hydrogens (tertiary/aromatic N) is 1. The molecule has 2 heteroatoms. The molecule has 1 aromatic rings. The van der Waals surface area contributed by atoms with Crippen molar-refractivity contribution in [3.05, 3.63) is 66.7 Å². The van der Waals surface area contributed by atoms with Crippen LogP contribution in [0.4, 0.5) is 11.5 Å². The molecule has 0 aromatic heterocycles. The first-order valence-corrected chi connectivity index (χ1v) is 5.60. The van der Waals surface area contributed by atoms with Crippen LogP contribution in [0.15, 0.2) is 66.7 Å². The molecule has 0 amide bonds. The van der Waals surface area contributed by atoms with Gasteiger partial charge in [0.15, 0.2) is 0 Å². The van der Waals surface area contributed by atoms with Crippen LogP contribution in [0.1, 0.15) is 0 Å². The molecule has 3 rings (SSSR count). The maximum atomic E-state index is 4.54. The minimum atomic E-state index is 0.886. The fraction of sp³-hybridized carbons (Fsp3) is 0. The van der Waals surface area contributed by atoms with E-state index in [-0.39, 0.29) is 0 Å². The first-order chi connectivity index (χ1) is 8.42. The summed E-state index contributed by atoms with van der Waals surface area (Å²) in [5.41, 5.74) is 3.21. The summed E-state index contributed by atoms with van der Waals surface area (Å²) in [5.74, 6) is 0.886. The van der Waals surface area contributed by atoms with Gasteiger partial charge in [-0.1, -0.05) is 42.5 Å². The molecular weight excluding hydrogens is 208 g/mol. The number of para-hydroxylation sites is 1. The smallest absolute Gasteiger partial charge is 0.131 e. The average Bonchev–Trinajstić information content (AvgIpc) is 2.60. The molecule has 82 valence electrons.